The lowest BCUT2D eigenvalue weighted by Gasteiger charge is -2.10. The van der Waals surface area contributed by atoms with E-state index in [2.05, 4.69) is 6.58 Å². The highest BCUT2D eigenvalue weighted by Crippen LogP contribution is 2.34. The van der Waals surface area contributed by atoms with Crippen LogP contribution in [0.4, 0.5) is 0 Å². The molecule has 0 N–H and O–H groups in total. The second kappa shape index (κ2) is 7.15. The molecule has 0 spiro atoms. The standard InChI is InChI=1S/C16H15NO4/c1-2-7-21-16(18)13(11-17)10-12-5-3-6-14-15(12)20-9-4-8-19-14/h2-3,5-6,10H,1,4,7-9H2. The zero-order valence-corrected chi connectivity index (χ0v) is 11.5. The summed E-state index contributed by atoms with van der Waals surface area (Å²) in [5.74, 6) is 0.460. The third-order valence-corrected chi connectivity index (χ3v) is 2.77. The molecule has 0 fully saturated rings. The summed E-state index contributed by atoms with van der Waals surface area (Å²) in [5, 5.41) is 9.10. The number of benzene rings is 1. The average Bonchev–Trinajstić information content (AvgIpc) is 2.76. The predicted molar refractivity (Wildman–Crippen MR) is 76.8 cm³/mol. The van der Waals surface area contributed by atoms with Gasteiger partial charge in [-0.25, -0.2) is 4.79 Å². The van der Waals surface area contributed by atoms with Crippen LogP contribution in [0.5, 0.6) is 11.5 Å². The third kappa shape index (κ3) is 3.63. The summed E-state index contributed by atoms with van der Waals surface area (Å²) in [6.07, 6.45) is 3.67. The molecule has 21 heavy (non-hydrogen) atoms. The molecule has 0 bridgehead atoms. The van der Waals surface area contributed by atoms with Crippen LogP contribution < -0.4 is 9.47 Å². The fourth-order valence-corrected chi connectivity index (χ4v) is 1.83. The van der Waals surface area contributed by atoms with Gasteiger partial charge in [-0.15, -0.1) is 0 Å². The summed E-state index contributed by atoms with van der Waals surface area (Å²) in [6, 6.07) is 7.17. The lowest BCUT2D eigenvalue weighted by Crippen LogP contribution is -2.06. The molecule has 0 amide bonds. The minimum atomic E-state index is -0.690. The highest BCUT2D eigenvalue weighted by Gasteiger charge is 2.16. The van der Waals surface area contributed by atoms with E-state index in [-0.39, 0.29) is 12.2 Å². The summed E-state index contributed by atoms with van der Waals surface area (Å²) in [6.45, 7) is 4.62. The van der Waals surface area contributed by atoms with Crippen LogP contribution in [0.1, 0.15) is 12.0 Å². The van der Waals surface area contributed by atoms with E-state index in [1.807, 2.05) is 6.07 Å². The Labute approximate surface area is 123 Å². The normalized spacial score (nSPS) is 13.8. The second-order valence-corrected chi connectivity index (χ2v) is 4.28. The zero-order chi connectivity index (χ0) is 15.1. The van der Waals surface area contributed by atoms with E-state index in [9.17, 15) is 4.79 Å². The Kier molecular flexibility index (Phi) is 4.99. The predicted octanol–water partition coefficient (Wildman–Crippen LogP) is 2.48. The Morgan fingerprint density at radius 2 is 2.24 bits per heavy atom. The van der Waals surface area contributed by atoms with E-state index in [1.54, 1.807) is 18.2 Å². The number of ether oxygens (including phenoxy) is 3. The number of rotatable bonds is 4. The van der Waals surface area contributed by atoms with Crippen molar-refractivity contribution in [2.24, 2.45) is 0 Å². The number of hydrogen-bond acceptors (Lipinski definition) is 5. The van der Waals surface area contributed by atoms with Gasteiger partial charge < -0.3 is 14.2 Å². The molecule has 0 aromatic heterocycles. The van der Waals surface area contributed by atoms with Crippen LogP contribution in [0, 0.1) is 11.3 Å². The van der Waals surface area contributed by atoms with Crippen molar-refractivity contribution in [2.45, 2.75) is 6.42 Å². The van der Waals surface area contributed by atoms with Gasteiger partial charge in [0, 0.05) is 12.0 Å². The maximum Gasteiger partial charge on any atom is 0.349 e. The van der Waals surface area contributed by atoms with E-state index in [0.29, 0.717) is 30.3 Å². The molecular weight excluding hydrogens is 270 g/mol. The van der Waals surface area contributed by atoms with Gasteiger partial charge in [-0.3, -0.25) is 0 Å². The first-order valence-corrected chi connectivity index (χ1v) is 6.54. The van der Waals surface area contributed by atoms with Crippen LogP contribution in [0.25, 0.3) is 6.08 Å². The summed E-state index contributed by atoms with van der Waals surface area (Å²) in [7, 11) is 0. The van der Waals surface area contributed by atoms with Gasteiger partial charge in [0.2, 0.25) is 0 Å². The molecule has 1 heterocycles. The van der Waals surface area contributed by atoms with Crippen LogP contribution in [-0.4, -0.2) is 25.8 Å². The summed E-state index contributed by atoms with van der Waals surface area (Å²) >= 11 is 0. The third-order valence-electron chi connectivity index (χ3n) is 2.77. The van der Waals surface area contributed by atoms with E-state index in [0.717, 1.165) is 6.42 Å². The molecule has 0 atom stereocenters. The molecule has 108 valence electrons. The van der Waals surface area contributed by atoms with Crippen molar-refractivity contribution in [3.05, 3.63) is 42.0 Å². The smallest absolute Gasteiger partial charge is 0.349 e. The molecule has 0 aliphatic carbocycles. The minimum Gasteiger partial charge on any atom is -0.490 e. The lowest BCUT2D eigenvalue weighted by atomic mass is 10.1. The van der Waals surface area contributed by atoms with Crippen LogP contribution in [0.15, 0.2) is 36.4 Å². The first kappa shape index (κ1) is 14.7. The Balaban J connectivity index is 2.32. The molecule has 1 aliphatic rings. The van der Waals surface area contributed by atoms with Crippen LogP contribution in [-0.2, 0) is 9.53 Å². The van der Waals surface area contributed by atoms with Crippen molar-refractivity contribution in [3.8, 4) is 17.6 Å². The molecule has 1 aromatic carbocycles. The van der Waals surface area contributed by atoms with Gasteiger partial charge in [0.05, 0.1) is 13.2 Å². The quantitative estimate of drug-likeness (QED) is 0.368. The topological polar surface area (TPSA) is 68.6 Å². The lowest BCUT2D eigenvalue weighted by molar-refractivity contribution is -0.137. The number of nitrogens with zero attached hydrogens (tertiary/aromatic N) is 1. The van der Waals surface area contributed by atoms with Crippen molar-refractivity contribution >= 4 is 12.0 Å². The summed E-state index contributed by atoms with van der Waals surface area (Å²) < 4.78 is 16.1. The molecule has 2 rings (SSSR count). The number of esters is 1. The van der Waals surface area contributed by atoms with Crippen molar-refractivity contribution in [3.63, 3.8) is 0 Å². The molecule has 0 saturated carbocycles. The van der Waals surface area contributed by atoms with Gasteiger partial charge in [0.25, 0.3) is 0 Å². The molecule has 1 aliphatic heterocycles. The molecule has 0 radical (unpaired) electrons. The monoisotopic (exact) mass is 285 g/mol. The van der Waals surface area contributed by atoms with E-state index < -0.39 is 5.97 Å². The van der Waals surface area contributed by atoms with Gasteiger partial charge in [0.1, 0.15) is 18.2 Å². The van der Waals surface area contributed by atoms with Crippen LogP contribution in [0.3, 0.4) is 0 Å². The van der Waals surface area contributed by atoms with Crippen LogP contribution in [0.2, 0.25) is 0 Å². The van der Waals surface area contributed by atoms with Gasteiger partial charge >= 0.3 is 5.97 Å². The maximum atomic E-state index is 11.7. The van der Waals surface area contributed by atoms with Crippen molar-refractivity contribution in [1.29, 1.82) is 5.26 Å². The number of carbonyl (C=O) groups is 1. The molecule has 5 heteroatoms. The van der Waals surface area contributed by atoms with Crippen molar-refractivity contribution in [2.75, 3.05) is 19.8 Å². The van der Waals surface area contributed by atoms with Gasteiger partial charge in [-0.1, -0.05) is 24.8 Å². The maximum absolute atomic E-state index is 11.7. The highest BCUT2D eigenvalue weighted by molar-refractivity contribution is 5.98. The summed E-state index contributed by atoms with van der Waals surface area (Å²) in [5.41, 5.74) is 0.514. The first-order valence-electron chi connectivity index (χ1n) is 6.54. The molecule has 0 saturated heterocycles. The van der Waals surface area contributed by atoms with Crippen LogP contribution >= 0.6 is 0 Å². The Hall–Kier alpha value is -2.74. The largest absolute Gasteiger partial charge is 0.490 e. The van der Waals surface area contributed by atoms with E-state index in [1.165, 1.54) is 12.2 Å². The van der Waals surface area contributed by atoms with Gasteiger partial charge in [0.15, 0.2) is 11.5 Å². The minimum absolute atomic E-state index is 0.0599. The average molecular weight is 285 g/mol. The highest BCUT2D eigenvalue weighted by atomic mass is 16.5. The fourth-order valence-electron chi connectivity index (χ4n) is 1.83. The van der Waals surface area contributed by atoms with Crippen molar-refractivity contribution < 1.29 is 19.0 Å². The number of fused-ring (bicyclic) bond motifs is 1. The van der Waals surface area contributed by atoms with Crippen molar-refractivity contribution in [1.82, 2.24) is 0 Å². The Morgan fingerprint density at radius 3 is 3.00 bits per heavy atom. The van der Waals surface area contributed by atoms with Gasteiger partial charge in [-0.05, 0) is 12.1 Å². The Morgan fingerprint density at radius 1 is 1.43 bits per heavy atom. The first-order chi connectivity index (χ1) is 10.3. The fraction of sp³-hybridized carbons (Fsp3) is 0.250. The number of hydrogen-bond donors (Lipinski definition) is 0. The number of nitriles is 1. The molecule has 5 nitrogen and oxygen atoms in total. The zero-order valence-electron chi connectivity index (χ0n) is 11.5. The van der Waals surface area contributed by atoms with Gasteiger partial charge in [-0.2, -0.15) is 5.26 Å². The van der Waals surface area contributed by atoms with E-state index in [4.69, 9.17) is 19.5 Å². The van der Waals surface area contributed by atoms with E-state index >= 15 is 0 Å². The SMILES string of the molecule is C=CCOC(=O)C(C#N)=Cc1cccc2c1OCCCO2. The summed E-state index contributed by atoms with van der Waals surface area (Å²) in [4.78, 5) is 11.7. The second-order valence-electron chi connectivity index (χ2n) is 4.28. The Bertz CT molecular complexity index is 613. The molecule has 0 unspecified atom stereocenters. The number of carbonyl (C=O) groups excluding carboxylic acids is 1. The number of para-hydroxylation sites is 1. The molecule has 1 aromatic rings. The molecular formula is C16H15NO4.